The van der Waals surface area contributed by atoms with Gasteiger partial charge in [-0.05, 0) is 23.8 Å². The van der Waals surface area contributed by atoms with Crippen molar-refractivity contribution in [2.45, 2.75) is 6.54 Å². The number of hydrogen-bond acceptors (Lipinski definition) is 4. The van der Waals surface area contributed by atoms with Crippen LogP contribution in [0.2, 0.25) is 5.02 Å². The smallest absolute Gasteiger partial charge is 0.270 e. The molecule has 0 aliphatic carbocycles. The van der Waals surface area contributed by atoms with Crippen LogP contribution < -0.4 is 0 Å². The number of halogens is 1. The van der Waals surface area contributed by atoms with Gasteiger partial charge in [0.2, 0.25) is 0 Å². The van der Waals surface area contributed by atoms with Crippen molar-refractivity contribution in [3.63, 3.8) is 0 Å². The summed E-state index contributed by atoms with van der Waals surface area (Å²) in [6.45, 7) is 0.440. The van der Waals surface area contributed by atoms with Crippen molar-refractivity contribution in [3.8, 4) is 0 Å². The standard InChI is InChI=1S/C19H12ClN3O4/c20-17-4-2-1-3-12(17)11-21-18-7-5-13(22(24)25)9-15(18)16-10-14(23(26)27)6-8-19(16)21/h1-10H,11H2. The topological polar surface area (TPSA) is 91.2 Å². The Morgan fingerprint density at radius 3 is 1.81 bits per heavy atom. The van der Waals surface area contributed by atoms with Crippen molar-refractivity contribution >= 4 is 44.8 Å². The summed E-state index contributed by atoms with van der Waals surface area (Å²) in [5.74, 6) is 0. The lowest BCUT2D eigenvalue weighted by Crippen LogP contribution is -2.00. The first-order valence-corrected chi connectivity index (χ1v) is 8.41. The van der Waals surface area contributed by atoms with E-state index in [9.17, 15) is 20.2 Å². The molecule has 0 saturated heterocycles. The van der Waals surface area contributed by atoms with E-state index in [0.717, 1.165) is 16.6 Å². The number of nitro benzene ring substituents is 2. The first-order chi connectivity index (χ1) is 13.0. The molecular formula is C19H12ClN3O4. The molecule has 0 atom stereocenters. The quantitative estimate of drug-likeness (QED) is 0.353. The Kier molecular flexibility index (Phi) is 4.01. The molecule has 1 heterocycles. The van der Waals surface area contributed by atoms with Gasteiger partial charge in [0, 0.05) is 57.6 Å². The van der Waals surface area contributed by atoms with Crippen molar-refractivity contribution in [2.24, 2.45) is 0 Å². The predicted molar refractivity (Wildman–Crippen MR) is 103 cm³/mol. The van der Waals surface area contributed by atoms with E-state index in [2.05, 4.69) is 0 Å². The SMILES string of the molecule is O=[N+]([O-])c1ccc2c(c1)c1cc([N+](=O)[O-])ccc1n2Cc1ccccc1Cl. The van der Waals surface area contributed by atoms with Gasteiger partial charge in [-0.3, -0.25) is 20.2 Å². The molecule has 3 aromatic carbocycles. The summed E-state index contributed by atoms with van der Waals surface area (Å²) in [6.07, 6.45) is 0. The van der Waals surface area contributed by atoms with Crippen LogP contribution in [0.5, 0.6) is 0 Å². The highest BCUT2D eigenvalue weighted by molar-refractivity contribution is 6.31. The third-order valence-corrected chi connectivity index (χ3v) is 4.91. The van der Waals surface area contributed by atoms with Crippen LogP contribution in [0, 0.1) is 20.2 Å². The average molecular weight is 382 g/mol. The van der Waals surface area contributed by atoms with Crippen LogP contribution in [0.4, 0.5) is 11.4 Å². The Labute approximate surface area is 157 Å². The molecule has 7 nitrogen and oxygen atoms in total. The zero-order chi connectivity index (χ0) is 19.1. The monoisotopic (exact) mass is 381 g/mol. The maximum Gasteiger partial charge on any atom is 0.270 e. The summed E-state index contributed by atoms with van der Waals surface area (Å²) >= 11 is 6.29. The molecule has 134 valence electrons. The maximum absolute atomic E-state index is 11.2. The van der Waals surface area contributed by atoms with E-state index in [1.165, 1.54) is 24.3 Å². The van der Waals surface area contributed by atoms with Crippen molar-refractivity contribution in [1.29, 1.82) is 0 Å². The van der Waals surface area contributed by atoms with Gasteiger partial charge in [0.05, 0.1) is 9.85 Å². The zero-order valence-corrected chi connectivity index (χ0v) is 14.6. The van der Waals surface area contributed by atoms with Crippen LogP contribution in [0.1, 0.15) is 5.56 Å². The second-order valence-corrected chi connectivity index (χ2v) is 6.50. The second-order valence-electron chi connectivity index (χ2n) is 6.09. The molecule has 0 radical (unpaired) electrons. The third kappa shape index (κ3) is 2.88. The van der Waals surface area contributed by atoms with Crippen LogP contribution in [-0.2, 0) is 6.54 Å². The van der Waals surface area contributed by atoms with Gasteiger partial charge in [0.1, 0.15) is 0 Å². The molecule has 0 fully saturated rings. The van der Waals surface area contributed by atoms with Crippen LogP contribution in [0.25, 0.3) is 21.8 Å². The molecular weight excluding hydrogens is 370 g/mol. The largest absolute Gasteiger partial charge is 0.336 e. The lowest BCUT2D eigenvalue weighted by molar-refractivity contribution is -0.385. The molecule has 0 saturated carbocycles. The highest BCUT2D eigenvalue weighted by Gasteiger charge is 2.18. The van der Waals surface area contributed by atoms with Gasteiger partial charge < -0.3 is 4.57 Å². The summed E-state index contributed by atoms with van der Waals surface area (Å²) < 4.78 is 1.96. The molecule has 0 aliphatic heterocycles. The van der Waals surface area contributed by atoms with E-state index in [1.807, 2.05) is 22.8 Å². The molecule has 4 rings (SSSR count). The average Bonchev–Trinajstić information content (AvgIpc) is 2.96. The van der Waals surface area contributed by atoms with Crippen molar-refractivity contribution < 1.29 is 9.85 Å². The van der Waals surface area contributed by atoms with Crippen LogP contribution in [0.15, 0.2) is 60.7 Å². The molecule has 4 aromatic rings. The van der Waals surface area contributed by atoms with E-state index < -0.39 is 9.85 Å². The maximum atomic E-state index is 11.2. The fraction of sp³-hybridized carbons (Fsp3) is 0.0526. The molecule has 0 bridgehead atoms. The number of nitro groups is 2. The van der Waals surface area contributed by atoms with Gasteiger partial charge in [-0.15, -0.1) is 0 Å². The molecule has 8 heteroatoms. The normalized spacial score (nSPS) is 11.1. The van der Waals surface area contributed by atoms with Gasteiger partial charge in [0.25, 0.3) is 11.4 Å². The van der Waals surface area contributed by atoms with Gasteiger partial charge in [-0.25, -0.2) is 0 Å². The summed E-state index contributed by atoms with van der Waals surface area (Å²) in [4.78, 5) is 21.4. The van der Waals surface area contributed by atoms with Crippen LogP contribution in [-0.4, -0.2) is 14.4 Å². The lowest BCUT2D eigenvalue weighted by atomic mass is 10.1. The number of rotatable bonds is 4. The Morgan fingerprint density at radius 2 is 1.33 bits per heavy atom. The van der Waals surface area contributed by atoms with E-state index in [1.54, 1.807) is 18.2 Å². The van der Waals surface area contributed by atoms with E-state index >= 15 is 0 Å². The van der Waals surface area contributed by atoms with Crippen LogP contribution >= 0.6 is 11.6 Å². The Hall–Kier alpha value is -3.45. The minimum atomic E-state index is -0.478. The summed E-state index contributed by atoms with van der Waals surface area (Å²) in [7, 11) is 0. The molecule has 0 aliphatic rings. The first-order valence-electron chi connectivity index (χ1n) is 8.04. The number of aromatic nitrogens is 1. The lowest BCUT2D eigenvalue weighted by Gasteiger charge is -2.09. The van der Waals surface area contributed by atoms with Crippen molar-refractivity contribution in [1.82, 2.24) is 4.57 Å². The number of nitrogens with zero attached hydrogens (tertiary/aromatic N) is 3. The molecule has 0 amide bonds. The molecule has 27 heavy (non-hydrogen) atoms. The molecule has 0 unspecified atom stereocenters. The van der Waals surface area contributed by atoms with Gasteiger partial charge in [0.15, 0.2) is 0 Å². The Bertz CT molecular complexity index is 1160. The number of non-ortho nitro benzene ring substituents is 2. The number of fused-ring (bicyclic) bond motifs is 3. The van der Waals surface area contributed by atoms with E-state index in [-0.39, 0.29) is 11.4 Å². The zero-order valence-electron chi connectivity index (χ0n) is 13.8. The fourth-order valence-electron chi connectivity index (χ4n) is 3.27. The summed E-state index contributed by atoms with van der Waals surface area (Å²) in [6, 6.07) is 16.5. The minimum Gasteiger partial charge on any atom is -0.336 e. The summed E-state index contributed by atoms with van der Waals surface area (Å²) in [5.41, 5.74) is 2.25. The molecule has 0 N–H and O–H groups in total. The van der Waals surface area contributed by atoms with Gasteiger partial charge >= 0.3 is 0 Å². The molecule has 0 spiro atoms. The second kappa shape index (κ2) is 6.37. The first kappa shape index (κ1) is 17.0. The Balaban J connectivity index is 2.02. The predicted octanol–water partition coefficient (Wildman–Crippen LogP) is 5.31. The van der Waals surface area contributed by atoms with E-state index in [0.29, 0.717) is 22.3 Å². The van der Waals surface area contributed by atoms with Gasteiger partial charge in [-0.1, -0.05) is 29.8 Å². The van der Waals surface area contributed by atoms with Crippen molar-refractivity contribution in [2.75, 3.05) is 0 Å². The number of hydrogen-bond donors (Lipinski definition) is 0. The fourth-order valence-corrected chi connectivity index (χ4v) is 3.47. The summed E-state index contributed by atoms with van der Waals surface area (Å²) in [5, 5.41) is 24.1. The van der Waals surface area contributed by atoms with Crippen LogP contribution in [0.3, 0.4) is 0 Å². The highest BCUT2D eigenvalue weighted by atomic mass is 35.5. The van der Waals surface area contributed by atoms with Crippen molar-refractivity contribution in [3.05, 3.63) is 91.5 Å². The number of benzene rings is 3. The molecule has 1 aromatic heterocycles. The highest BCUT2D eigenvalue weighted by Crippen LogP contribution is 2.35. The minimum absolute atomic E-state index is 0.0641. The van der Waals surface area contributed by atoms with E-state index in [4.69, 9.17) is 11.6 Å². The Morgan fingerprint density at radius 1 is 0.815 bits per heavy atom. The third-order valence-electron chi connectivity index (χ3n) is 4.54. The van der Waals surface area contributed by atoms with Gasteiger partial charge in [-0.2, -0.15) is 0 Å².